The van der Waals surface area contributed by atoms with Crippen LogP contribution >= 0.6 is 0 Å². The minimum atomic E-state index is -0.136. The molecule has 4 nitrogen and oxygen atoms in total. The average molecular weight is 377 g/mol. The summed E-state index contributed by atoms with van der Waals surface area (Å²) < 4.78 is 5.82. The summed E-state index contributed by atoms with van der Waals surface area (Å²) in [5.41, 5.74) is 4.10. The SMILES string of the molecule is CC[C@@H]1COc2cc(NC(=O)c3ccc(C#CC(C)(C)C)cc3C)ccc2N1. The Labute approximate surface area is 167 Å². The molecule has 0 spiro atoms. The van der Waals surface area contributed by atoms with Crippen molar-refractivity contribution in [2.75, 3.05) is 17.2 Å². The first-order valence-electron chi connectivity index (χ1n) is 9.74. The summed E-state index contributed by atoms with van der Waals surface area (Å²) in [7, 11) is 0. The highest BCUT2D eigenvalue weighted by atomic mass is 16.5. The summed E-state index contributed by atoms with van der Waals surface area (Å²) in [5, 5.41) is 6.41. The van der Waals surface area contributed by atoms with Crippen LogP contribution in [0.3, 0.4) is 0 Å². The van der Waals surface area contributed by atoms with E-state index < -0.39 is 0 Å². The third-order valence-electron chi connectivity index (χ3n) is 4.58. The fraction of sp³-hybridized carbons (Fsp3) is 0.375. The molecular formula is C24H28N2O2. The molecule has 2 aromatic carbocycles. The summed E-state index contributed by atoms with van der Waals surface area (Å²) in [6.45, 7) is 10.9. The van der Waals surface area contributed by atoms with Gasteiger partial charge in [-0.2, -0.15) is 0 Å². The van der Waals surface area contributed by atoms with Crippen molar-refractivity contribution in [1.29, 1.82) is 0 Å². The topological polar surface area (TPSA) is 50.4 Å². The Morgan fingerprint density at radius 2 is 2.04 bits per heavy atom. The van der Waals surface area contributed by atoms with Crippen molar-refractivity contribution in [2.24, 2.45) is 5.41 Å². The number of anilines is 2. The van der Waals surface area contributed by atoms with Gasteiger partial charge >= 0.3 is 0 Å². The van der Waals surface area contributed by atoms with E-state index >= 15 is 0 Å². The molecule has 1 aliphatic rings. The van der Waals surface area contributed by atoms with E-state index in [0.717, 1.165) is 34.7 Å². The van der Waals surface area contributed by atoms with Gasteiger partial charge in [-0.1, -0.05) is 18.8 Å². The van der Waals surface area contributed by atoms with Crippen LogP contribution in [0, 0.1) is 24.2 Å². The zero-order valence-electron chi connectivity index (χ0n) is 17.3. The van der Waals surface area contributed by atoms with E-state index in [1.54, 1.807) is 0 Å². The van der Waals surface area contributed by atoms with Crippen LogP contribution in [0.15, 0.2) is 36.4 Å². The van der Waals surface area contributed by atoms with Crippen LogP contribution in [0.5, 0.6) is 5.75 Å². The lowest BCUT2D eigenvalue weighted by Gasteiger charge is -2.27. The highest BCUT2D eigenvalue weighted by Crippen LogP contribution is 2.32. The normalized spacial score (nSPS) is 15.4. The first kappa shape index (κ1) is 19.8. The third kappa shape index (κ3) is 4.86. The molecule has 3 rings (SSSR count). The van der Waals surface area contributed by atoms with E-state index in [-0.39, 0.29) is 11.3 Å². The summed E-state index contributed by atoms with van der Waals surface area (Å²) in [6, 6.07) is 11.7. The monoisotopic (exact) mass is 376 g/mol. The van der Waals surface area contributed by atoms with Crippen LogP contribution in [-0.2, 0) is 0 Å². The number of benzene rings is 2. The van der Waals surface area contributed by atoms with Crippen molar-refractivity contribution >= 4 is 17.3 Å². The number of carbonyl (C=O) groups excluding carboxylic acids is 1. The molecular weight excluding hydrogens is 348 g/mol. The highest BCUT2D eigenvalue weighted by Gasteiger charge is 2.18. The Bertz CT molecular complexity index is 945. The Balaban J connectivity index is 1.74. The number of hydrogen-bond donors (Lipinski definition) is 2. The van der Waals surface area contributed by atoms with Gasteiger partial charge in [-0.15, -0.1) is 0 Å². The van der Waals surface area contributed by atoms with Crippen molar-refractivity contribution in [3.63, 3.8) is 0 Å². The standard InChI is InChI=1S/C24H28N2O2/c1-6-18-15-28-22-14-19(8-10-21(22)25-18)26-23(27)20-9-7-17(13-16(20)2)11-12-24(3,4)5/h7-10,13-14,18,25H,6,15H2,1-5H3,(H,26,27)/t18-/m1/s1. The largest absolute Gasteiger partial charge is 0.489 e. The number of rotatable bonds is 3. The molecule has 2 aromatic rings. The van der Waals surface area contributed by atoms with Gasteiger partial charge < -0.3 is 15.4 Å². The Morgan fingerprint density at radius 1 is 1.25 bits per heavy atom. The minimum Gasteiger partial charge on any atom is -0.489 e. The second-order valence-electron chi connectivity index (χ2n) is 8.26. The molecule has 1 atom stereocenters. The van der Waals surface area contributed by atoms with Crippen LogP contribution in [0.25, 0.3) is 0 Å². The second kappa shape index (κ2) is 7.98. The second-order valence-corrected chi connectivity index (χ2v) is 8.26. The van der Waals surface area contributed by atoms with Crippen LogP contribution in [0.2, 0.25) is 0 Å². The minimum absolute atomic E-state index is 0.0511. The maximum absolute atomic E-state index is 12.7. The Morgan fingerprint density at radius 3 is 2.71 bits per heavy atom. The van der Waals surface area contributed by atoms with Crippen molar-refractivity contribution in [1.82, 2.24) is 0 Å². The van der Waals surface area contributed by atoms with Gasteiger partial charge in [-0.3, -0.25) is 4.79 Å². The Kier molecular flexibility index (Phi) is 5.65. The van der Waals surface area contributed by atoms with E-state index in [1.165, 1.54) is 0 Å². The molecule has 0 bridgehead atoms. The smallest absolute Gasteiger partial charge is 0.255 e. The molecule has 1 amide bonds. The molecule has 4 heteroatoms. The zero-order chi connectivity index (χ0) is 20.3. The van der Waals surface area contributed by atoms with Crippen LogP contribution in [0.4, 0.5) is 11.4 Å². The van der Waals surface area contributed by atoms with Crippen molar-refractivity contribution in [3.8, 4) is 17.6 Å². The zero-order valence-corrected chi connectivity index (χ0v) is 17.3. The number of amides is 1. The van der Waals surface area contributed by atoms with Gasteiger partial charge in [-0.05, 0) is 70.0 Å². The van der Waals surface area contributed by atoms with Gasteiger partial charge in [0, 0.05) is 28.3 Å². The number of aryl methyl sites for hydroxylation is 1. The van der Waals surface area contributed by atoms with Crippen LogP contribution in [-0.4, -0.2) is 18.6 Å². The third-order valence-corrected chi connectivity index (χ3v) is 4.58. The van der Waals surface area contributed by atoms with E-state index in [9.17, 15) is 4.79 Å². The van der Waals surface area contributed by atoms with E-state index in [0.29, 0.717) is 18.2 Å². The molecule has 146 valence electrons. The quantitative estimate of drug-likeness (QED) is 0.722. The van der Waals surface area contributed by atoms with Crippen LogP contribution < -0.4 is 15.4 Å². The lowest BCUT2D eigenvalue weighted by molar-refractivity contribution is 0.102. The summed E-state index contributed by atoms with van der Waals surface area (Å²) in [4.78, 5) is 12.7. The number of hydrogen-bond acceptors (Lipinski definition) is 3. The average Bonchev–Trinajstić information content (AvgIpc) is 2.65. The van der Waals surface area contributed by atoms with Crippen molar-refractivity contribution in [3.05, 3.63) is 53.1 Å². The maximum Gasteiger partial charge on any atom is 0.255 e. The first-order chi connectivity index (χ1) is 13.2. The fourth-order valence-electron chi connectivity index (χ4n) is 2.96. The molecule has 28 heavy (non-hydrogen) atoms. The predicted molar refractivity (Wildman–Crippen MR) is 115 cm³/mol. The number of nitrogens with one attached hydrogen (secondary N) is 2. The van der Waals surface area contributed by atoms with Gasteiger partial charge in [0.2, 0.25) is 0 Å². The molecule has 2 N–H and O–H groups in total. The molecule has 0 aliphatic carbocycles. The van der Waals surface area contributed by atoms with E-state index in [2.05, 4.69) is 50.2 Å². The van der Waals surface area contributed by atoms with Crippen molar-refractivity contribution in [2.45, 2.75) is 47.1 Å². The number of ether oxygens (including phenoxy) is 1. The number of fused-ring (bicyclic) bond motifs is 1. The molecule has 0 saturated carbocycles. The molecule has 0 saturated heterocycles. The molecule has 0 aromatic heterocycles. The molecule has 1 heterocycles. The Hall–Kier alpha value is -2.93. The highest BCUT2D eigenvalue weighted by molar-refractivity contribution is 6.05. The summed E-state index contributed by atoms with van der Waals surface area (Å²) in [5.74, 6) is 7.03. The molecule has 1 aliphatic heterocycles. The van der Waals surface area contributed by atoms with Crippen LogP contribution in [0.1, 0.15) is 55.6 Å². The fourth-order valence-corrected chi connectivity index (χ4v) is 2.96. The molecule has 0 radical (unpaired) electrons. The van der Waals surface area contributed by atoms with E-state index in [1.807, 2.05) is 43.3 Å². The lowest BCUT2D eigenvalue weighted by Crippen LogP contribution is -2.30. The van der Waals surface area contributed by atoms with Gasteiger partial charge in [0.05, 0.1) is 11.7 Å². The summed E-state index contributed by atoms with van der Waals surface area (Å²) in [6.07, 6.45) is 1.01. The van der Waals surface area contributed by atoms with Gasteiger partial charge in [-0.25, -0.2) is 0 Å². The van der Waals surface area contributed by atoms with Gasteiger partial charge in [0.1, 0.15) is 12.4 Å². The first-order valence-corrected chi connectivity index (χ1v) is 9.74. The maximum atomic E-state index is 12.7. The van der Waals surface area contributed by atoms with E-state index in [4.69, 9.17) is 4.74 Å². The number of carbonyl (C=O) groups is 1. The predicted octanol–water partition coefficient (Wildman–Crippen LogP) is 5.23. The lowest BCUT2D eigenvalue weighted by atomic mass is 9.97. The van der Waals surface area contributed by atoms with Crippen molar-refractivity contribution < 1.29 is 9.53 Å². The van der Waals surface area contributed by atoms with Gasteiger partial charge in [0.15, 0.2) is 0 Å². The van der Waals surface area contributed by atoms with Gasteiger partial charge in [0.25, 0.3) is 5.91 Å². The molecule has 0 fully saturated rings. The molecule has 0 unspecified atom stereocenters. The summed E-state index contributed by atoms with van der Waals surface area (Å²) >= 11 is 0.